The fourth-order valence-corrected chi connectivity index (χ4v) is 4.32. The van der Waals surface area contributed by atoms with E-state index in [9.17, 15) is 9.18 Å². The van der Waals surface area contributed by atoms with Gasteiger partial charge in [-0.25, -0.2) is 9.37 Å². The Morgan fingerprint density at radius 3 is 2.79 bits per heavy atom. The molecule has 0 spiro atoms. The first-order valence-electron chi connectivity index (χ1n) is 10.8. The summed E-state index contributed by atoms with van der Waals surface area (Å²) < 4.78 is 33.1. The second-order valence-electron chi connectivity index (χ2n) is 8.42. The Bertz CT molecular complexity index is 1470. The van der Waals surface area contributed by atoms with Crippen LogP contribution in [0, 0.1) is 23.1 Å². The normalized spacial score (nSPS) is 16.1. The maximum atomic E-state index is 15.9. The van der Waals surface area contributed by atoms with Crippen LogP contribution in [0.15, 0.2) is 42.6 Å². The van der Waals surface area contributed by atoms with Gasteiger partial charge < -0.3 is 10.6 Å². The molecule has 1 aliphatic heterocycles. The van der Waals surface area contributed by atoms with Crippen LogP contribution in [-0.2, 0) is 7.05 Å². The summed E-state index contributed by atoms with van der Waals surface area (Å²) in [5.41, 5.74) is 6.73. The highest BCUT2D eigenvalue weighted by Crippen LogP contribution is 2.29. The molecule has 0 aliphatic carbocycles. The summed E-state index contributed by atoms with van der Waals surface area (Å²) in [7, 11) is 1.78. The second-order valence-corrected chi connectivity index (χ2v) is 8.42. The van der Waals surface area contributed by atoms with Crippen LogP contribution < -0.4 is 5.73 Å². The van der Waals surface area contributed by atoms with Gasteiger partial charge in [-0.3, -0.25) is 14.0 Å². The van der Waals surface area contributed by atoms with Gasteiger partial charge in [-0.15, -0.1) is 0 Å². The van der Waals surface area contributed by atoms with Gasteiger partial charge in [-0.05, 0) is 49.2 Å². The van der Waals surface area contributed by atoms with Crippen molar-refractivity contribution in [3.05, 3.63) is 65.6 Å². The quantitative estimate of drug-likeness (QED) is 0.505. The molecule has 8 nitrogen and oxygen atoms in total. The number of fused-ring (bicyclic) bond motifs is 1. The first-order valence-corrected chi connectivity index (χ1v) is 10.8. The molecule has 0 saturated carbocycles. The van der Waals surface area contributed by atoms with Crippen LogP contribution in [0.4, 0.5) is 8.78 Å². The number of rotatable bonds is 3. The number of benzene rings is 2. The lowest BCUT2D eigenvalue weighted by Crippen LogP contribution is -2.46. The zero-order chi connectivity index (χ0) is 24.0. The van der Waals surface area contributed by atoms with Crippen LogP contribution in [0.3, 0.4) is 0 Å². The van der Waals surface area contributed by atoms with E-state index in [1.807, 2.05) is 6.20 Å². The number of halogens is 2. The number of likely N-dealkylation sites (tertiary alicyclic amines) is 1. The molecule has 0 unspecified atom stereocenters. The number of nitriles is 1. The SMILES string of the molecule is Cn1cc2ccc(-n3c(-c4ccc(C#N)c(F)c4)nc(C(=O)N4CCC[C@@H](N)C4)c3F)cc2n1. The van der Waals surface area contributed by atoms with Gasteiger partial charge in [0.1, 0.15) is 17.7 Å². The number of piperidine rings is 1. The van der Waals surface area contributed by atoms with Gasteiger partial charge in [0.05, 0.1) is 16.8 Å². The Balaban J connectivity index is 1.68. The molecule has 3 heterocycles. The number of amides is 1. The van der Waals surface area contributed by atoms with Crippen molar-refractivity contribution in [3.63, 3.8) is 0 Å². The highest BCUT2D eigenvalue weighted by Gasteiger charge is 2.30. The summed E-state index contributed by atoms with van der Waals surface area (Å²) in [6, 6.07) is 10.6. The zero-order valence-corrected chi connectivity index (χ0v) is 18.4. The van der Waals surface area contributed by atoms with Gasteiger partial charge in [0.25, 0.3) is 5.91 Å². The van der Waals surface area contributed by atoms with Crippen molar-refractivity contribution >= 4 is 16.8 Å². The number of hydrogen-bond acceptors (Lipinski definition) is 5. The summed E-state index contributed by atoms with van der Waals surface area (Å²) in [6.07, 6.45) is 3.34. The largest absolute Gasteiger partial charge is 0.336 e. The Hall–Kier alpha value is -4.10. The van der Waals surface area contributed by atoms with E-state index in [1.54, 1.807) is 36.0 Å². The zero-order valence-electron chi connectivity index (χ0n) is 18.4. The maximum absolute atomic E-state index is 15.9. The van der Waals surface area contributed by atoms with Crippen molar-refractivity contribution in [2.24, 2.45) is 12.8 Å². The molecular formula is C24H21F2N7O. The molecule has 1 aliphatic rings. The Morgan fingerprint density at radius 1 is 1.24 bits per heavy atom. The molecule has 0 bridgehead atoms. The molecule has 10 heteroatoms. The number of nitrogens with zero attached hydrogens (tertiary/aromatic N) is 6. The Morgan fingerprint density at radius 2 is 2.06 bits per heavy atom. The summed E-state index contributed by atoms with van der Waals surface area (Å²) >= 11 is 0. The van der Waals surface area contributed by atoms with E-state index in [0.717, 1.165) is 24.3 Å². The predicted octanol–water partition coefficient (Wildman–Crippen LogP) is 3.14. The van der Waals surface area contributed by atoms with Gasteiger partial charge in [0.2, 0.25) is 5.95 Å². The number of carbonyl (C=O) groups is 1. The molecule has 2 aromatic heterocycles. The van der Waals surface area contributed by atoms with Crippen LogP contribution in [-0.4, -0.2) is 49.3 Å². The summed E-state index contributed by atoms with van der Waals surface area (Å²) in [6.45, 7) is 0.769. The fraction of sp³-hybridized carbons (Fsp3) is 0.250. The van der Waals surface area contributed by atoms with Gasteiger partial charge in [0, 0.05) is 43.3 Å². The predicted molar refractivity (Wildman–Crippen MR) is 121 cm³/mol. The fourth-order valence-electron chi connectivity index (χ4n) is 4.32. The molecule has 34 heavy (non-hydrogen) atoms. The molecule has 172 valence electrons. The third kappa shape index (κ3) is 3.70. The van der Waals surface area contributed by atoms with Crippen LogP contribution in [0.25, 0.3) is 28.0 Å². The number of nitrogens with two attached hydrogens (primary N) is 1. The van der Waals surface area contributed by atoms with E-state index in [-0.39, 0.29) is 28.7 Å². The number of carbonyl (C=O) groups excluding carboxylic acids is 1. The molecule has 4 aromatic rings. The lowest BCUT2D eigenvalue weighted by molar-refractivity contribution is 0.0698. The van der Waals surface area contributed by atoms with Crippen molar-refractivity contribution in [1.29, 1.82) is 5.26 Å². The van der Waals surface area contributed by atoms with Gasteiger partial charge in [-0.2, -0.15) is 14.8 Å². The molecule has 5 rings (SSSR count). The summed E-state index contributed by atoms with van der Waals surface area (Å²) in [4.78, 5) is 19.0. The first kappa shape index (κ1) is 21.7. The molecule has 1 amide bonds. The Labute approximate surface area is 193 Å². The average Bonchev–Trinajstić information content (AvgIpc) is 3.36. The monoisotopic (exact) mass is 461 g/mol. The summed E-state index contributed by atoms with van der Waals surface area (Å²) in [5, 5.41) is 14.3. The smallest absolute Gasteiger partial charge is 0.277 e. The highest BCUT2D eigenvalue weighted by atomic mass is 19.1. The van der Waals surface area contributed by atoms with Gasteiger partial charge in [-0.1, -0.05) is 0 Å². The minimum Gasteiger partial charge on any atom is -0.336 e. The number of aryl methyl sites for hydroxylation is 1. The van der Waals surface area contributed by atoms with Crippen LogP contribution in [0.2, 0.25) is 0 Å². The average molecular weight is 461 g/mol. The van der Waals surface area contributed by atoms with Gasteiger partial charge >= 0.3 is 0 Å². The molecule has 1 atom stereocenters. The minimum atomic E-state index is -0.862. The van der Waals surface area contributed by atoms with E-state index < -0.39 is 17.7 Å². The van der Waals surface area contributed by atoms with Crippen molar-refractivity contribution in [2.45, 2.75) is 18.9 Å². The van der Waals surface area contributed by atoms with Crippen LogP contribution in [0.5, 0.6) is 0 Å². The van der Waals surface area contributed by atoms with E-state index in [1.165, 1.54) is 21.6 Å². The number of aromatic nitrogens is 4. The molecule has 1 saturated heterocycles. The van der Waals surface area contributed by atoms with Gasteiger partial charge in [0.15, 0.2) is 5.69 Å². The topological polar surface area (TPSA) is 106 Å². The number of imidazole rings is 1. The second kappa shape index (κ2) is 8.35. The van der Waals surface area contributed by atoms with Crippen LogP contribution in [0.1, 0.15) is 28.9 Å². The molecule has 0 radical (unpaired) electrons. The first-order chi connectivity index (χ1) is 16.4. The van der Waals surface area contributed by atoms with Crippen molar-refractivity contribution in [3.8, 4) is 23.1 Å². The van der Waals surface area contributed by atoms with Crippen molar-refractivity contribution < 1.29 is 13.6 Å². The molecular weight excluding hydrogens is 440 g/mol. The van der Waals surface area contributed by atoms with Crippen molar-refractivity contribution in [1.82, 2.24) is 24.2 Å². The maximum Gasteiger partial charge on any atom is 0.277 e. The highest BCUT2D eigenvalue weighted by molar-refractivity contribution is 5.93. The van der Waals surface area contributed by atoms with E-state index in [2.05, 4.69) is 10.1 Å². The molecule has 2 aromatic carbocycles. The van der Waals surface area contributed by atoms with Crippen LogP contribution >= 0.6 is 0 Å². The van der Waals surface area contributed by atoms with Crippen molar-refractivity contribution in [2.75, 3.05) is 13.1 Å². The Kier molecular flexibility index (Phi) is 5.34. The molecule has 2 N–H and O–H groups in total. The van der Waals surface area contributed by atoms with E-state index in [4.69, 9.17) is 11.0 Å². The number of hydrogen-bond donors (Lipinski definition) is 1. The third-order valence-corrected chi connectivity index (χ3v) is 5.98. The lowest BCUT2D eigenvalue weighted by Gasteiger charge is -2.30. The standard InChI is InChI=1S/C24H21F2N7O/c1-31-12-16-6-7-18(10-20(16)30-31)33-22(26)21(24(34)32-8-2-3-17(28)13-32)29-23(33)14-4-5-15(11-27)19(25)9-14/h4-7,9-10,12,17H,2-3,8,13,28H2,1H3/t17-/m1/s1. The third-order valence-electron chi connectivity index (χ3n) is 5.98. The summed E-state index contributed by atoms with van der Waals surface area (Å²) in [5.74, 6) is -2.15. The minimum absolute atomic E-state index is 0.0424. The van der Waals surface area contributed by atoms with E-state index >= 15 is 4.39 Å². The molecule has 1 fully saturated rings. The van der Waals surface area contributed by atoms with E-state index in [0.29, 0.717) is 24.3 Å². The lowest BCUT2D eigenvalue weighted by atomic mass is 10.1.